The van der Waals surface area contributed by atoms with E-state index in [9.17, 15) is 4.79 Å². The molecule has 0 unspecified atom stereocenters. The Bertz CT molecular complexity index is 793. The van der Waals surface area contributed by atoms with E-state index in [-0.39, 0.29) is 5.91 Å². The summed E-state index contributed by atoms with van der Waals surface area (Å²) < 4.78 is 7.97. The van der Waals surface area contributed by atoms with Crippen LogP contribution in [0.5, 0.6) is 5.75 Å². The van der Waals surface area contributed by atoms with Crippen LogP contribution in [0.1, 0.15) is 51.4 Å². The largest absolute Gasteiger partial charge is 0.490 e. The minimum absolute atomic E-state index is 0.0786. The summed E-state index contributed by atoms with van der Waals surface area (Å²) in [5.41, 5.74) is 0.996. The first-order chi connectivity index (χ1) is 13.7. The molecule has 6 nitrogen and oxygen atoms in total. The van der Waals surface area contributed by atoms with Crippen LogP contribution in [0.25, 0.3) is 11.4 Å². The molecular formula is C21H28N4O2S. The van der Waals surface area contributed by atoms with Crippen molar-refractivity contribution in [3.63, 3.8) is 0 Å². The van der Waals surface area contributed by atoms with Gasteiger partial charge < -0.3 is 14.6 Å². The lowest BCUT2D eigenvalue weighted by atomic mass is 10.2. The van der Waals surface area contributed by atoms with Gasteiger partial charge in [-0.2, -0.15) is 0 Å². The van der Waals surface area contributed by atoms with Crippen LogP contribution in [0.3, 0.4) is 0 Å². The van der Waals surface area contributed by atoms with Crippen molar-refractivity contribution in [2.75, 3.05) is 5.75 Å². The molecule has 2 aromatic rings. The van der Waals surface area contributed by atoms with Crippen molar-refractivity contribution in [3.8, 4) is 17.1 Å². The van der Waals surface area contributed by atoms with E-state index in [1.807, 2.05) is 35.9 Å². The smallest absolute Gasteiger partial charge is 0.230 e. The van der Waals surface area contributed by atoms with Crippen molar-refractivity contribution < 1.29 is 9.53 Å². The molecule has 0 saturated heterocycles. The van der Waals surface area contributed by atoms with Crippen molar-refractivity contribution in [3.05, 3.63) is 24.3 Å². The van der Waals surface area contributed by atoms with Gasteiger partial charge in [0.25, 0.3) is 0 Å². The highest BCUT2D eigenvalue weighted by Gasteiger charge is 2.19. The van der Waals surface area contributed by atoms with Gasteiger partial charge in [-0.3, -0.25) is 4.79 Å². The van der Waals surface area contributed by atoms with Gasteiger partial charge in [0, 0.05) is 18.7 Å². The minimum Gasteiger partial charge on any atom is -0.490 e. The van der Waals surface area contributed by atoms with Crippen molar-refractivity contribution in [2.24, 2.45) is 7.05 Å². The number of nitrogens with one attached hydrogen (secondary N) is 1. The summed E-state index contributed by atoms with van der Waals surface area (Å²) >= 11 is 1.43. The Morgan fingerprint density at radius 2 is 1.79 bits per heavy atom. The van der Waals surface area contributed by atoms with Crippen LogP contribution in [0, 0.1) is 0 Å². The fourth-order valence-corrected chi connectivity index (χ4v) is 4.76. The van der Waals surface area contributed by atoms with Gasteiger partial charge in [0.15, 0.2) is 11.0 Å². The molecule has 2 fully saturated rings. The van der Waals surface area contributed by atoms with Crippen molar-refractivity contribution in [2.45, 2.75) is 68.7 Å². The molecule has 1 heterocycles. The molecule has 0 spiro atoms. The number of hydrogen-bond donors (Lipinski definition) is 1. The first-order valence-corrected chi connectivity index (χ1v) is 11.3. The Kier molecular flexibility index (Phi) is 6.20. The highest BCUT2D eigenvalue weighted by atomic mass is 32.2. The Balaban J connectivity index is 1.34. The summed E-state index contributed by atoms with van der Waals surface area (Å²) in [6, 6.07) is 8.41. The van der Waals surface area contributed by atoms with Gasteiger partial charge >= 0.3 is 0 Å². The summed E-state index contributed by atoms with van der Waals surface area (Å²) in [6.45, 7) is 0. The standard InChI is InChI=1S/C21H28N4O2S/c1-25-20(15-10-12-18(13-11-15)27-17-8-4-5-9-17)23-24-21(25)28-14-19(26)22-16-6-2-3-7-16/h10-13,16-17H,2-9,14H2,1H3,(H,22,26). The normalized spacial score (nSPS) is 17.9. The van der Waals surface area contributed by atoms with E-state index in [0.717, 1.165) is 48.0 Å². The first-order valence-electron chi connectivity index (χ1n) is 10.3. The Hall–Kier alpha value is -2.02. The van der Waals surface area contributed by atoms with Gasteiger partial charge in [-0.05, 0) is 62.8 Å². The van der Waals surface area contributed by atoms with Gasteiger partial charge in [0.05, 0.1) is 11.9 Å². The van der Waals surface area contributed by atoms with E-state index in [1.165, 1.54) is 37.4 Å². The monoisotopic (exact) mass is 400 g/mol. The number of ether oxygens (including phenoxy) is 1. The fourth-order valence-electron chi connectivity index (χ4n) is 4.04. The highest BCUT2D eigenvalue weighted by molar-refractivity contribution is 7.99. The van der Waals surface area contributed by atoms with Crippen molar-refractivity contribution in [1.82, 2.24) is 20.1 Å². The van der Waals surface area contributed by atoms with Crippen molar-refractivity contribution in [1.29, 1.82) is 0 Å². The van der Waals surface area contributed by atoms with E-state index in [0.29, 0.717) is 17.9 Å². The number of nitrogens with zero attached hydrogens (tertiary/aromatic N) is 3. The van der Waals surface area contributed by atoms with Crippen LogP contribution in [-0.2, 0) is 11.8 Å². The molecule has 1 aromatic heterocycles. The van der Waals surface area contributed by atoms with E-state index in [1.54, 1.807) is 0 Å². The topological polar surface area (TPSA) is 69.0 Å². The van der Waals surface area contributed by atoms with Crippen LogP contribution in [0.15, 0.2) is 29.4 Å². The second-order valence-electron chi connectivity index (χ2n) is 7.75. The summed E-state index contributed by atoms with van der Waals surface area (Å²) in [7, 11) is 1.94. The minimum atomic E-state index is 0.0786. The molecule has 2 aliphatic carbocycles. The van der Waals surface area contributed by atoms with E-state index in [4.69, 9.17) is 4.74 Å². The number of carbonyl (C=O) groups is 1. The SMILES string of the molecule is Cn1c(SCC(=O)NC2CCCC2)nnc1-c1ccc(OC2CCCC2)cc1. The summed E-state index contributed by atoms with van der Waals surface area (Å²) in [4.78, 5) is 12.1. The number of amides is 1. The fraction of sp³-hybridized carbons (Fsp3) is 0.571. The zero-order valence-corrected chi connectivity index (χ0v) is 17.2. The van der Waals surface area contributed by atoms with Crippen LogP contribution >= 0.6 is 11.8 Å². The zero-order chi connectivity index (χ0) is 19.3. The number of carbonyl (C=O) groups excluding carboxylic acids is 1. The molecule has 2 saturated carbocycles. The second-order valence-corrected chi connectivity index (χ2v) is 8.69. The van der Waals surface area contributed by atoms with Crippen LogP contribution in [-0.4, -0.2) is 38.6 Å². The molecular weight excluding hydrogens is 372 g/mol. The first kappa shape index (κ1) is 19.3. The predicted molar refractivity (Wildman–Crippen MR) is 110 cm³/mol. The molecule has 0 bridgehead atoms. The third-order valence-electron chi connectivity index (χ3n) is 5.61. The van der Waals surface area contributed by atoms with Gasteiger partial charge in [0.1, 0.15) is 5.75 Å². The molecule has 2 aliphatic rings. The summed E-state index contributed by atoms with van der Waals surface area (Å²) in [5, 5.41) is 12.5. The van der Waals surface area contributed by atoms with Gasteiger partial charge in [-0.25, -0.2) is 0 Å². The Morgan fingerprint density at radius 1 is 1.11 bits per heavy atom. The molecule has 7 heteroatoms. The predicted octanol–water partition coefficient (Wildman–Crippen LogP) is 3.95. The van der Waals surface area contributed by atoms with Gasteiger partial charge in [-0.15, -0.1) is 10.2 Å². The highest BCUT2D eigenvalue weighted by Crippen LogP contribution is 2.27. The average molecular weight is 401 g/mol. The van der Waals surface area contributed by atoms with E-state index >= 15 is 0 Å². The lowest BCUT2D eigenvalue weighted by Gasteiger charge is -2.13. The third-order valence-corrected chi connectivity index (χ3v) is 6.63. The van der Waals surface area contributed by atoms with Crippen LogP contribution in [0.4, 0.5) is 0 Å². The number of thioether (sulfide) groups is 1. The lowest BCUT2D eigenvalue weighted by molar-refractivity contribution is -0.119. The maximum absolute atomic E-state index is 12.1. The van der Waals surface area contributed by atoms with E-state index in [2.05, 4.69) is 15.5 Å². The molecule has 150 valence electrons. The lowest BCUT2D eigenvalue weighted by Crippen LogP contribution is -2.33. The zero-order valence-electron chi connectivity index (χ0n) is 16.4. The third kappa shape index (κ3) is 4.69. The number of hydrogen-bond acceptors (Lipinski definition) is 5. The molecule has 0 aliphatic heterocycles. The van der Waals surface area contributed by atoms with Crippen LogP contribution < -0.4 is 10.1 Å². The Labute approximate surface area is 170 Å². The van der Waals surface area contributed by atoms with Crippen LogP contribution in [0.2, 0.25) is 0 Å². The molecule has 4 rings (SSSR count). The van der Waals surface area contributed by atoms with Gasteiger partial charge in [-0.1, -0.05) is 24.6 Å². The molecule has 1 aromatic carbocycles. The summed E-state index contributed by atoms with van der Waals surface area (Å²) in [6.07, 6.45) is 9.83. The molecule has 1 amide bonds. The van der Waals surface area contributed by atoms with Crippen molar-refractivity contribution >= 4 is 17.7 Å². The molecule has 1 N–H and O–H groups in total. The quantitative estimate of drug-likeness (QED) is 0.713. The number of aromatic nitrogens is 3. The average Bonchev–Trinajstić information content (AvgIpc) is 3.45. The summed E-state index contributed by atoms with van der Waals surface area (Å²) in [5.74, 6) is 2.16. The number of rotatable bonds is 7. The van der Waals surface area contributed by atoms with E-state index < -0.39 is 0 Å². The number of benzene rings is 1. The Morgan fingerprint density at radius 3 is 2.50 bits per heavy atom. The maximum atomic E-state index is 12.1. The molecule has 0 radical (unpaired) electrons. The molecule has 0 atom stereocenters. The second kappa shape index (κ2) is 8.99. The maximum Gasteiger partial charge on any atom is 0.230 e. The molecule has 28 heavy (non-hydrogen) atoms. The van der Waals surface area contributed by atoms with Gasteiger partial charge in [0.2, 0.25) is 5.91 Å².